The SMILES string of the molecule is BC(C=C(C)CCC)(OC)c1ccc2c(c1)-c1ccccc1-c1ccccc1N2C. The average Bonchev–Trinajstić information content (AvgIpc) is 2.87. The molecule has 0 saturated heterocycles. The Morgan fingerprint density at radius 3 is 2.20 bits per heavy atom. The largest absolute Gasteiger partial charge is 0.379 e. The molecule has 3 aromatic carbocycles. The van der Waals surface area contributed by atoms with Gasteiger partial charge < -0.3 is 9.64 Å². The highest BCUT2D eigenvalue weighted by Crippen LogP contribution is 2.47. The summed E-state index contributed by atoms with van der Waals surface area (Å²) in [5.74, 6) is 0. The Kier molecular flexibility index (Phi) is 5.57. The molecule has 1 aliphatic heterocycles. The standard InChI is InChI=1S/C27H30BNO/c1-5-10-19(2)18-27(28,30-4)20-15-16-26-24(17-20)22-12-7-6-11-21(22)23-13-8-9-14-25(23)29(26)3/h6-9,11-18H,5,10,28H2,1-4H3. The van der Waals surface area contributed by atoms with E-state index in [4.69, 9.17) is 4.74 Å². The van der Waals surface area contributed by atoms with Gasteiger partial charge >= 0.3 is 0 Å². The van der Waals surface area contributed by atoms with Crippen LogP contribution in [0.25, 0.3) is 22.3 Å². The summed E-state index contributed by atoms with van der Waals surface area (Å²) in [6, 6.07) is 24.1. The number of para-hydroxylation sites is 1. The third-order valence-corrected chi connectivity index (χ3v) is 6.29. The number of anilines is 2. The Morgan fingerprint density at radius 1 is 0.933 bits per heavy atom. The number of hydrogen-bond donors (Lipinski definition) is 0. The van der Waals surface area contributed by atoms with Crippen LogP contribution in [0.3, 0.4) is 0 Å². The molecule has 0 aliphatic carbocycles. The van der Waals surface area contributed by atoms with E-state index in [1.165, 1.54) is 44.8 Å². The van der Waals surface area contributed by atoms with Gasteiger partial charge in [-0.3, -0.25) is 0 Å². The molecule has 0 aromatic heterocycles. The zero-order valence-corrected chi connectivity index (χ0v) is 18.7. The van der Waals surface area contributed by atoms with Crippen LogP contribution in [0, 0.1) is 0 Å². The normalized spacial score (nSPS) is 14.9. The summed E-state index contributed by atoms with van der Waals surface area (Å²) in [6.45, 7) is 4.41. The van der Waals surface area contributed by atoms with Gasteiger partial charge in [-0.25, -0.2) is 0 Å². The molecule has 3 heteroatoms. The lowest BCUT2D eigenvalue weighted by Gasteiger charge is -2.29. The number of ether oxygens (including phenoxy) is 1. The van der Waals surface area contributed by atoms with E-state index in [1.54, 1.807) is 7.11 Å². The second kappa shape index (κ2) is 8.16. The molecule has 4 rings (SSSR count). The monoisotopic (exact) mass is 395 g/mol. The molecule has 0 saturated carbocycles. The van der Waals surface area contributed by atoms with Crippen molar-refractivity contribution in [1.29, 1.82) is 0 Å². The maximum atomic E-state index is 6.05. The first kappa shape index (κ1) is 20.5. The lowest BCUT2D eigenvalue weighted by Crippen LogP contribution is -2.27. The smallest absolute Gasteiger partial charge is 0.154 e. The molecule has 1 unspecified atom stereocenters. The van der Waals surface area contributed by atoms with Crippen LogP contribution in [0.15, 0.2) is 78.4 Å². The van der Waals surface area contributed by atoms with Gasteiger partial charge in [0.1, 0.15) is 0 Å². The Hall–Kier alpha value is -2.78. The summed E-state index contributed by atoms with van der Waals surface area (Å²) in [4.78, 5) is 2.30. The molecular weight excluding hydrogens is 365 g/mol. The van der Waals surface area contributed by atoms with Crippen molar-refractivity contribution >= 4 is 19.2 Å². The Balaban J connectivity index is 1.94. The van der Waals surface area contributed by atoms with Gasteiger partial charge in [-0.05, 0) is 48.2 Å². The lowest BCUT2D eigenvalue weighted by molar-refractivity contribution is 0.102. The maximum absolute atomic E-state index is 6.05. The molecule has 2 nitrogen and oxygen atoms in total. The summed E-state index contributed by atoms with van der Waals surface area (Å²) in [7, 11) is 6.12. The van der Waals surface area contributed by atoms with Crippen LogP contribution in [0.2, 0.25) is 0 Å². The second-order valence-corrected chi connectivity index (χ2v) is 8.41. The van der Waals surface area contributed by atoms with E-state index in [-0.39, 0.29) is 0 Å². The molecule has 30 heavy (non-hydrogen) atoms. The molecule has 1 heterocycles. The fourth-order valence-corrected chi connectivity index (χ4v) is 4.63. The van der Waals surface area contributed by atoms with Crippen LogP contribution in [0.5, 0.6) is 0 Å². The number of rotatable bonds is 5. The van der Waals surface area contributed by atoms with Gasteiger partial charge in [0.05, 0.1) is 5.50 Å². The van der Waals surface area contributed by atoms with E-state index >= 15 is 0 Å². The first-order valence-electron chi connectivity index (χ1n) is 10.8. The third-order valence-electron chi connectivity index (χ3n) is 6.29. The molecule has 0 radical (unpaired) electrons. The highest BCUT2D eigenvalue weighted by atomic mass is 16.5. The topological polar surface area (TPSA) is 12.5 Å². The molecule has 0 N–H and O–H groups in total. The summed E-state index contributed by atoms with van der Waals surface area (Å²) < 4.78 is 6.05. The number of nitrogens with zero attached hydrogens (tertiary/aromatic N) is 1. The molecule has 0 bridgehead atoms. The van der Waals surface area contributed by atoms with Gasteiger partial charge in [-0.1, -0.05) is 73.5 Å². The molecule has 0 spiro atoms. The van der Waals surface area contributed by atoms with Crippen molar-refractivity contribution < 1.29 is 4.74 Å². The molecule has 152 valence electrons. The Labute approximate surface area is 181 Å². The van der Waals surface area contributed by atoms with E-state index < -0.39 is 5.50 Å². The summed E-state index contributed by atoms with van der Waals surface area (Å²) in [6.07, 6.45) is 4.51. The number of methoxy groups -OCH3 is 1. The fourth-order valence-electron chi connectivity index (χ4n) is 4.63. The van der Waals surface area contributed by atoms with Gasteiger partial charge in [0.2, 0.25) is 0 Å². The van der Waals surface area contributed by atoms with E-state index in [1.807, 2.05) is 0 Å². The van der Waals surface area contributed by atoms with Crippen molar-refractivity contribution in [2.75, 3.05) is 19.1 Å². The van der Waals surface area contributed by atoms with Crippen LogP contribution in [0.4, 0.5) is 11.4 Å². The van der Waals surface area contributed by atoms with Crippen LogP contribution in [-0.2, 0) is 10.2 Å². The average molecular weight is 395 g/mol. The fraction of sp³-hybridized carbons (Fsp3) is 0.259. The number of hydrogen-bond acceptors (Lipinski definition) is 2. The number of fused-ring (bicyclic) bond motifs is 5. The van der Waals surface area contributed by atoms with E-state index in [2.05, 4.69) is 106 Å². The van der Waals surface area contributed by atoms with Gasteiger partial charge in [-0.2, -0.15) is 0 Å². The molecule has 0 amide bonds. The minimum Gasteiger partial charge on any atom is -0.379 e. The zero-order valence-electron chi connectivity index (χ0n) is 18.7. The summed E-state index contributed by atoms with van der Waals surface area (Å²) in [5, 5.41) is 0. The quantitative estimate of drug-likeness (QED) is 0.372. The highest BCUT2D eigenvalue weighted by Gasteiger charge is 2.28. The van der Waals surface area contributed by atoms with Crippen molar-refractivity contribution in [1.82, 2.24) is 0 Å². The zero-order chi connectivity index (χ0) is 21.3. The molecule has 3 aromatic rings. The third kappa shape index (κ3) is 3.48. The van der Waals surface area contributed by atoms with Crippen LogP contribution < -0.4 is 4.90 Å². The van der Waals surface area contributed by atoms with Crippen molar-refractivity contribution in [3.8, 4) is 22.3 Å². The van der Waals surface area contributed by atoms with E-state index in [9.17, 15) is 0 Å². The molecular formula is C27H30BNO. The number of allylic oxidation sites excluding steroid dienone is 1. The van der Waals surface area contributed by atoms with Gasteiger partial charge in [-0.15, -0.1) is 0 Å². The predicted octanol–water partition coefficient (Wildman–Crippen LogP) is 6.28. The predicted molar refractivity (Wildman–Crippen MR) is 131 cm³/mol. The Morgan fingerprint density at radius 2 is 1.53 bits per heavy atom. The van der Waals surface area contributed by atoms with Gasteiger partial charge in [0.15, 0.2) is 7.85 Å². The Bertz CT molecular complexity index is 1100. The first-order chi connectivity index (χ1) is 14.5. The second-order valence-electron chi connectivity index (χ2n) is 8.41. The first-order valence-corrected chi connectivity index (χ1v) is 10.8. The van der Waals surface area contributed by atoms with Crippen molar-refractivity contribution in [3.63, 3.8) is 0 Å². The molecule has 0 fully saturated rings. The molecule has 1 atom stereocenters. The summed E-state index contributed by atoms with van der Waals surface area (Å²) in [5.41, 5.74) is 9.56. The van der Waals surface area contributed by atoms with Gasteiger partial charge in [0.25, 0.3) is 0 Å². The minimum atomic E-state index is -0.457. The van der Waals surface area contributed by atoms with E-state index in [0.29, 0.717) is 0 Å². The lowest BCUT2D eigenvalue weighted by atomic mass is 9.73. The van der Waals surface area contributed by atoms with E-state index in [0.717, 1.165) is 12.8 Å². The van der Waals surface area contributed by atoms with Crippen LogP contribution >= 0.6 is 0 Å². The van der Waals surface area contributed by atoms with Crippen molar-refractivity contribution in [3.05, 3.63) is 83.9 Å². The molecule has 1 aliphatic rings. The minimum absolute atomic E-state index is 0.457. The van der Waals surface area contributed by atoms with Crippen LogP contribution in [-0.4, -0.2) is 22.0 Å². The van der Waals surface area contributed by atoms with Crippen molar-refractivity contribution in [2.24, 2.45) is 0 Å². The van der Waals surface area contributed by atoms with Gasteiger partial charge in [0, 0.05) is 36.7 Å². The summed E-state index contributed by atoms with van der Waals surface area (Å²) >= 11 is 0. The van der Waals surface area contributed by atoms with Crippen molar-refractivity contribution in [2.45, 2.75) is 32.2 Å². The van der Waals surface area contributed by atoms with Crippen LogP contribution in [0.1, 0.15) is 32.3 Å². The number of benzene rings is 3. The highest BCUT2D eigenvalue weighted by molar-refractivity contribution is 6.16. The maximum Gasteiger partial charge on any atom is 0.154 e.